The molecule has 1 aliphatic rings. The monoisotopic (exact) mass is 528 g/mol. The number of aromatic nitrogens is 2. The summed E-state index contributed by atoms with van der Waals surface area (Å²) in [6.07, 6.45) is 0. The fourth-order valence-corrected chi connectivity index (χ4v) is 4.01. The summed E-state index contributed by atoms with van der Waals surface area (Å²) >= 11 is 0. The minimum absolute atomic E-state index is 0.0829. The smallest absolute Gasteiger partial charge is 0.338 e. The first-order valence-corrected chi connectivity index (χ1v) is 12.1. The molecule has 2 amide bonds. The summed E-state index contributed by atoms with van der Waals surface area (Å²) in [6, 6.07) is 17.7. The molecule has 0 spiro atoms. The van der Waals surface area contributed by atoms with E-state index in [9.17, 15) is 14.4 Å². The van der Waals surface area contributed by atoms with E-state index in [1.54, 1.807) is 50.2 Å². The predicted molar refractivity (Wildman–Crippen MR) is 137 cm³/mol. The predicted octanol–water partition coefficient (Wildman–Crippen LogP) is 4.33. The van der Waals surface area contributed by atoms with E-state index in [-0.39, 0.29) is 30.0 Å². The van der Waals surface area contributed by atoms with Crippen LogP contribution < -0.4 is 10.6 Å². The summed E-state index contributed by atoms with van der Waals surface area (Å²) in [6.45, 7) is 3.16. The molecule has 0 saturated carbocycles. The maximum absolute atomic E-state index is 12.8. The van der Waals surface area contributed by atoms with Crippen LogP contribution in [0.25, 0.3) is 22.9 Å². The number of urea groups is 1. The molecule has 0 radical (unpaired) electrons. The first-order valence-electron chi connectivity index (χ1n) is 12.1. The van der Waals surface area contributed by atoms with Crippen LogP contribution in [0.1, 0.15) is 34.8 Å². The molecule has 2 aromatic carbocycles. The summed E-state index contributed by atoms with van der Waals surface area (Å²) < 4.78 is 22.0. The standard InChI is InChI=1S/C28H24N4O7/c1-3-36-27(34)22-20(29-28(35)30-23(22)21-14-9-16(2)38-21)15-37-26(33)19-12-10-18(11-13-19)25-32-31-24(39-25)17-7-5-4-6-8-17/h4-14,23H,3,15H2,1-2H3,(H2,29,30,35)/t23-/m1/s1. The summed E-state index contributed by atoms with van der Waals surface area (Å²) in [5.41, 5.74) is 1.84. The van der Waals surface area contributed by atoms with Crippen molar-refractivity contribution in [2.45, 2.75) is 19.9 Å². The topological polar surface area (TPSA) is 146 Å². The second-order valence-electron chi connectivity index (χ2n) is 8.52. The van der Waals surface area contributed by atoms with Crippen LogP contribution in [0.3, 0.4) is 0 Å². The first kappa shape index (κ1) is 25.5. The Labute approximate surface area is 222 Å². The van der Waals surface area contributed by atoms with Gasteiger partial charge in [-0.25, -0.2) is 14.4 Å². The Morgan fingerprint density at radius 2 is 1.56 bits per heavy atom. The van der Waals surface area contributed by atoms with Crippen molar-refractivity contribution in [1.82, 2.24) is 20.8 Å². The minimum atomic E-state index is -0.908. The molecule has 1 atom stereocenters. The Bertz CT molecular complexity index is 1540. The third kappa shape index (κ3) is 5.57. The summed E-state index contributed by atoms with van der Waals surface area (Å²) in [5, 5.41) is 13.4. The average Bonchev–Trinajstić information content (AvgIpc) is 3.62. The quantitative estimate of drug-likeness (QED) is 0.319. The van der Waals surface area contributed by atoms with Crippen molar-refractivity contribution in [3.05, 3.63) is 95.1 Å². The molecule has 11 heteroatoms. The number of furan rings is 1. The molecule has 0 fully saturated rings. The average molecular weight is 529 g/mol. The van der Waals surface area contributed by atoms with Crippen LogP contribution >= 0.6 is 0 Å². The Balaban J connectivity index is 1.32. The molecule has 0 bridgehead atoms. The minimum Gasteiger partial charge on any atom is -0.464 e. The molecule has 0 unspecified atom stereocenters. The Kier molecular flexibility index (Phi) is 7.21. The molecule has 39 heavy (non-hydrogen) atoms. The van der Waals surface area contributed by atoms with Crippen molar-refractivity contribution >= 4 is 18.0 Å². The number of carbonyl (C=O) groups is 3. The second-order valence-corrected chi connectivity index (χ2v) is 8.52. The van der Waals surface area contributed by atoms with E-state index in [2.05, 4.69) is 20.8 Å². The van der Waals surface area contributed by atoms with Crippen LogP contribution in [0.5, 0.6) is 0 Å². The lowest BCUT2D eigenvalue weighted by Gasteiger charge is -2.27. The fraction of sp³-hybridized carbons (Fsp3) is 0.179. The van der Waals surface area contributed by atoms with Gasteiger partial charge in [0, 0.05) is 11.1 Å². The Morgan fingerprint density at radius 1 is 0.872 bits per heavy atom. The number of hydrogen-bond acceptors (Lipinski definition) is 9. The van der Waals surface area contributed by atoms with Crippen molar-refractivity contribution in [3.63, 3.8) is 0 Å². The van der Waals surface area contributed by atoms with Gasteiger partial charge in [0.1, 0.15) is 24.2 Å². The molecule has 3 heterocycles. The fourth-order valence-electron chi connectivity index (χ4n) is 4.01. The highest BCUT2D eigenvalue weighted by molar-refractivity contribution is 5.95. The van der Waals surface area contributed by atoms with Gasteiger partial charge in [0.25, 0.3) is 0 Å². The van der Waals surface area contributed by atoms with Crippen molar-refractivity contribution in [3.8, 4) is 22.9 Å². The van der Waals surface area contributed by atoms with Crippen LogP contribution in [-0.4, -0.2) is 41.4 Å². The maximum atomic E-state index is 12.8. The van der Waals surface area contributed by atoms with Gasteiger partial charge in [0.15, 0.2) is 0 Å². The molecule has 1 aliphatic heterocycles. The van der Waals surface area contributed by atoms with E-state index in [1.165, 1.54) is 0 Å². The third-order valence-electron chi connectivity index (χ3n) is 5.86. The van der Waals surface area contributed by atoms with Crippen molar-refractivity contribution in [1.29, 1.82) is 0 Å². The van der Waals surface area contributed by atoms with Gasteiger partial charge < -0.3 is 28.9 Å². The second kappa shape index (κ2) is 11.1. The lowest BCUT2D eigenvalue weighted by molar-refractivity contribution is -0.139. The van der Waals surface area contributed by atoms with Crippen molar-refractivity contribution in [2.24, 2.45) is 0 Å². The van der Waals surface area contributed by atoms with E-state index in [4.69, 9.17) is 18.3 Å². The van der Waals surface area contributed by atoms with Crippen molar-refractivity contribution in [2.75, 3.05) is 13.2 Å². The van der Waals surface area contributed by atoms with Crippen LogP contribution in [0, 0.1) is 6.92 Å². The molecule has 0 saturated heterocycles. The molecule has 4 aromatic rings. The summed E-state index contributed by atoms with van der Waals surface area (Å²) in [7, 11) is 0. The zero-order chi connectivity index (χ0) is 27.4. The zero-order valence-electron chi connectivity index (χ0n) is 21.1. The first-order chi connectivity index (χ1) is 18.9. The molecular formula is C28H24N4O7. The lowest BCUT2D eigenvalue weighted by Crippen LogP contribution is -2.47. The Hall–Kier alpha value is -5.19. The van der Waals surface area contributed by atoms with Gasteiger partial charge in [-0.05, 0) is 62.4 Å². The number of aryl methyl sites for hydroxylation is 1. The van der Waals surface area contributed by atoms with E-state index < -0.39 is 24.0 Å². The molecule has 2 aromatic heterocycles. The number of carbonyl (C=O) groups excluding carboxylic acids is 3. The van der Waals surface area contributed by atoms with Gasteiger partial charge in [0.2, 0.25) is 11.8 Å². The highest BCUT2D eigenvalue weighted by atomic mass is 16.5. The molecule has 11 nitrogen and oxygen atoms in total. The van der Waals surface area contributed by atoms with E-state index >= 15 is 0 Å². The van der Waals surface area contributed by atoms with Gasteiger partial charge in [0.05, 0.1) is 23.4 Å². The van der Waals surface area contributed by atoms with Gasteiger partial charge in [-0.15, -0.1) is 10.2 Å². The van der Waals surface area contributed by atoms with Crippen LogP contribution in [-0.2, 0) is 14.3 Å². The van der Waals surface area contributed by atoms with E-state index in [0.29, 0.717) is 28.9 Å². The van der Waals surface area contributed by atoms with E-state index in [0.717, 1.165) is 5.56 Å². The number of ether oxygens (including phenoxy) is 2. The van der Waals surface area contributed by atoms with Crippen molar-refractivity contribution < 1.29 is 32.7 Å². The SMILES string of the molecule is CCOC(=O)C1=C(COC(=O)c2ccc(-c3nnc(-c4ccccc4)o3)cc2)NC(=O)N[C@@H]1c1ccc(C)o1. The molecule has 2 N–H and O–H groups in total. The Morgan fingerprint density at radius 3 is 2.21 bits per heavy atom. The highest BCUT2D eigenvalue weighted by Crippen LogP contribution is 2.29. The molecule has 0 aliphatic carbocycles. The van der Waals surface area contributed by atoms with Gasteiger partial charge in [-0.1, -0.05) is 18.2 Å². The number of rotatable bonds is 8. The largest absolute Gasteiger partial charge is 0.464 e. The van der Waals surface area contributed by atoms with E-state index in [1.807, 2.05) is 30.3 Å². The summed E-state index contributed by atoms with van der Waals surface area (Å²) in [4.78, 5) is 38.0. The maximum Gasteiger partial charge on any atom is 0.338 e. The summed E-state index contributed by atoms with van der Waals surface area (Å²) in [5.74, 6) is 0.303. The van der Waals surface area contributed by atoms with Crippen LogP contribution in [0.2, 0.25) is 0 Å². The number of amides is 2. The number of nitrogens with zero attached hydrogens (tertiary/aromatic N) is 2. The number of esters is 2. The number of hydrogen-bond donors (Lipinski definition) is 2. The van der Waals surface area contributed by atoms with Gasteiger partial charge in [-0.2, -0.15) is 0 Å². The zero-order valence-corrected chi connectivity index (χ0v) is 21.1. The molecule has 5 rings (SSSR count). The normalized spacial score (nSPS) is 14.9. The highest BCUT2D eigenvalue weighted by Gasteiger charge is 2.36. The number of nitrogens with one attached hydrogen (secondary N) is 2. The number of benzene rings is 2. The third-order valence-corrected chi connectivity index (χ3v) is 5.86. The molecule has 198 valence electrons. The van der Waals surface area contributed by atoms with Gasteiger partial charge >= 0.3 is 18.0 Å². The van der Waals surface area contributed by atoms with Crippen LogP contribution in [0.15, 0.2) is 86.8 Å². The molecular weight excluding hydrogens is 504 g/mol. The van der Waals surface area contributed by atoms with Crippen LogP contribution in [0.4, 0.5) is 4.79 Å². The van der Waals surface area contributed by atoms with Gasteiger partial charge in [-0.3, -0.25) is 0 Å². The lowest BCUT2D eigenvalue weighted by atomic mass is 10.0.